The van der Waals surface area contributed by atoms with Crippen molar-refractivity contribution in [3.05, 3.63) is 34.7 Å². The van der Waals surface area contributed by atoms with Crippen molar-refractivity contribution in [2.45, 2.75) is 6.92 Å². The van der Waals surface area contributed by atoms with Gasteiger partial charge < -0.3 is 4.74 Å². The lowest BCUT2D eigenvalue weighted by Gasteiger charge is -2.03. The van der Waals surface area contributed by atoms with Gasteiger partial charge in [0.25, 0.3) is 5.56 Å². The van der Waals surface area contributed by atoms with Crippen LogP contribution in [0, 0.1) is 0 Å². The Morgan fingerprint density at radius 3 is 2.92 bits per heavy atom. The average molecular weight is 183 g/mol. The van der Waals surface area contributed by atoms with Gasteiger partial charge in [-0.1, -0.05) is 6.07 Å². The number of carbonyl (C=O) groups is 1. The van der Waals surface area contributed by atoms with E-state index in [0.29, 0.717) is 0 Å². The third-order valence-corrected chi connectivity index (χ3v) is 1.22. The molecule has 0 aliphatic carbocycles. The molecule has 70 valence electrons. The van der Waals surface area contributed by atoms with Gasteiger partial charge in [-0.3, -0.25) is 9.63 Å². The molecule has 1 aromatic heterocycles. The van der Waals surface area contributed by atoms with E-state index in [2.05, 4.69) is 9.57 Å². The number of nitrogens with zero attached hydrogens (tertiary/aromatic N) is 1. The molecule has 0 unspecified atom stereocenters. The lowest BCUT2D eigenvalue weighted by molar-refractivity contribution is 0.0483. The van der Waals surface area contributed by atoms with Crippen molar-refractivity contribution < 1.29 is 14.4 Å². The van der Waals surface area contributed by atoms with E-state index in [1.165, 1.54) is 12.3 Å². The molecule has 5 heteroatoms. The Morgan fingerprint density at radius 2 is 2.31 bits per heavy atom. The van der Waals surface area contributed by atoms with E-state index in [0.717, 1.165) is 4.73 Å². The van der Waals surface area contributed by atoms with E-state index in [1.54, 1.807) is 19.1 Å². The van der Waals surface area contributed by atoms with Gasteiger partial charge in [0.05, 0.1) is 6.61 Å². The summed E-state index contributed by atoms with van der Waals surface area (Å²) in [6.07, 6.45) is 0.440. The van der Waals surface area contributed by atoms with Gasteiger partial charge in [-0.15, -0.1) is 4.73 Å². The number of aromatic nitrogens is 1. The topological polar surface area (TPSA) is 57.5 Å². The first-order chi connectivity index (χ1) is 6.24. The Labute approximate surface area is 74.5 Å². The zero-order valence-corrected chi connectivity index (χ0v) is 7.10. The summed E-state index contributed by atoms with van der Waals surface area (Å²) in [5.74, 6) is 0. The Bertz CT molecular complexity index is 344. The van der Waals surface area contributed by atoms with Gasteiger partial charge in [-0.2, -0.15) is 0 Å². The second-order valence-electron chi connectivity index (χ2n) is 2.14. The third-order valence-electron chi connectivity index (χ3n) is 1.22. The van der Waals surface area contributed by atoms with E-state index in [-0.39, 0.29) is 6.61 Å². The highest BCUT2D eigenvalue weighted by Crippen LogP contribution is 1.82. The van der Waals surface area contributed by atoms with Crippen LogP contribution in [0.1, 0.15) is 6.92 Å². The minimum atomic E-state index is -0.893. The second kappa shape index (κ2) is 4.30. The summed E-state index contributed by atoms with van der Waals surface area (Å²) in [7, 11) is 0. The molecule has 0 spiro atoms. The van der Waals surface area contributed by atoms with Gasteiger partial charge in [-0.05, 0) is 13.0 Å². The van der Waals surface area contributed by atoms with Crippen LogP contribution in [-0.2, 0) is 4.74 Å². The van der Waals surface area contributed by atoms with E-state index >= 15 is 0 Å². The summed E-state index contributed by atoms with van der Waals surface area (Å²) < 4.78 is 5.28. The average Bonchev–Trinajstić information content (AvgIpc) is 2.09. The first kappa shape index (κ1) is 9.31. The van der Waals surface area contributed by atoms with Gasteiger partial charge in [0, 0.05) is 12.3 Å². The van der Waals surface area contributed by atoms with Gasteiger partial charge in [-0.25, -0.2) is 4.79 Å². The van der Waals surface area contributed by atoms with Crippen LogP contribution in [0.15, 0.2) is 29.2 Å². The predicted molar refractivity (Wildman–Crippen MR) is 44.3 cm³/mol. The fourth-order valence-electron chi connectivity index (χ4n) is 0.713. The maximum atomic E-state index is 11.0. The van der Waals surface area contributed by atoms with Crippen molar-refractivity contribution in [1.29, 1.82) is 0 Å². The van der Waals surface area contributed by atoms with Crippen molar-refractivity contribution in [2.75, 3.05) is 6.61 Å². The highest BCUT2D eigenvalue weighted by atomic mass is 16.8. The van der Waals surface area contributed by atoms with Crippen LogP contribution in [0.5, 0.6) is 0 Å². The minimum Gasteiger partial charge on any atom is -0.433 e. The van der Waals surface area contributed by atoms with Crippen molar-refractivity contribution >= 4 is 6.16 Å². The zero-order chi connectivity index (χ0) is 9.68. The maximum absolute atomic E-state index is 11.0. The van der Waals surface area contributed by atoms with E-state index in [9.17, 15) is 9.59 Å². The number of hydrogen-bond donors (Lipinski definition) is 0. The molecule has 0 amide bonds. The number of pyridine rings is 1. The standard InChI is InChI=1S/C8H9NO4/c1-2-12-8(11)13-9-6-4-3-5-7(9)10/h3-6H,2H2,1H3. The first-order valence-electron chi connectivity index (χ1n) is 3.77. The van der Waals surface area contributed by atoms with Crippen LogP contribution in [-0.4, -0.2) is 17.5 Å². The van der Waals surface area contributed by atoms with Gasteiger partial charge in [0.15, 0.2) is 0 Å². The number of hydrogen-bond acceptors (Lipinski definition) is 4. The van der Waals surface area contributed by atoms with Crippen LogP contribution in [0.3, 0.4) is 0 Å². The summed E-state index contributed by atoms with van der Waals surface area (Å²) in [6, 6.07) is 4.40. The van der Waals surface area contributed by atoms with Gasteiger partial charge in [0.1, 0.15) is 0 Å². The summed E-state index contributed by atoms with van der Waals surface area (Å²) in [6.45, 7) is 1.86. The highest BCUT2D eigenvalue weighted by Gasteiger charge is 2.04. The van der Waals surface area contributed by atoms with Crippen LogP contribution in [0.2, 0.25) is 0 Å². The molecular formula is C8H9NO4. The molecule has 0 fully saturated rings. The maximum Gasteiger partial charge on any atom is 0.533 e. The molecule has 0 bridgehead atoms. The Hall–Kier alpha value is -1.78. The SMILES string of the molecule is CCOC(=O)On1ccccc1=O. The lowest BCUT2D eigenvalue weighted by atomic mass is 10.5. The van der Waals surface area contributed by atoms with E-state index in [4.69, 9.17) is 0 Å². The number of rotatable bonds is 2. The fraction of sp³-hybridized carbons (Fsp3) is 0.250. The summed E-state index contributed by atoms with van der Waals surface area (Å²) in [5.41, 5.74) is -0.421. The molecule has 13 heavy (non-hydrogen) atoms. The smallest absolute Gasteiger partial charge is 0.433 e. The predicted octanol–water partition coefficient (Wildman–Crippen LogP) is 0.433. The zero-order valence-electron chi connectivity index (χ0n) is 7.10. The van der Waals surface area contributed by atoms with Crippen molar-refractivity contribution in [1.82, 2.24) is 4.73 Å². The molecule has 0 atom stereocenters. The first-order valence-corrected chi connectivity index (χ1v) is 3.77. The van der Waals surface area contributed by atoms with Crippen molar-refractivity contribution in [3.8, 4) is 0 Å². The monoisotopic (exact) mass is 183 g/mol. The Kier molecular flexibility index (Phi) is 3.08. The Morgan fingerprint density at radius 1 is 1.54 bits per heavy atom. The van der Waals surface area contributed by atoms with Gasteiger partial charge in [0.2, 0.25) is 0 Å². The summed E-state index contributed by atoms with van der Waals surface area (Å²) in [4.78, 5) is 26.3. The minimum absolute atomic E-state index is 0.209. The quantitative estimate of drug-likeness (QED) is 0.624. The molecule has 1 aromatic rings. The van der Waals surface area contributed by atoms with Crippen LogP contribution in [0.4, 0.5) is 4.79 Å². The van der Waals surface area contributed by atoms with Crippen molar-refractivity contribution in [2.24, 2.45) is 0 Å². The molecule has 0 radical (unpaired) electrons. The largest absolute Gasteiger partial charge is 0.533 e. The lowest BCUT2D eigenvalue weighted by Crippen LogP contribution is -2.29. The molecular weight excluding hydrogens is 174 g/mol. The Balaban J connectivity index is 2.69. The fourth-order valence-corrected chi connectivity index (χ4v) is 0.713. The molecule has 0 aliphatic rings. The van der Waals surface area contributed by atoms with Crippen molar-refractivity contribution in [3.63, 3.8) is 0 Å². The second-order valence-corrected chi connectivity index (χ2v) is 2.14. The number of carbonyl (C=O) groups excluding carboxylic acids is 1. The number of ether oxygens (including phenoxy) is 1. The molecule has 0 N–H and O–H groups in total. The third kappa shape index (κ3) is 2.62. The summed E-state index contributed by atoms with van der Waals surface area (Å²) >= 11 is 0. The summed E-state index contributed by atoms with van der Waals surface area (Å²) in [5, 5.41) is 0. The molecule has 1 rings (SSSR count). The normalized spacial score (nSPS) is 9.31. The molecule has 0 saturated carbocycles. The van der Waals surface area contributed by atoms with Gasteiger partial charge >= 0.3 is 6.16 Å². The van der Waals surface area contributed by atoms with Crippen LogP contribution < -0.4 is 10.4 Å². The van der Waals surface area contributed by atoms with E-state index < -0.39 is 11.7 Å². The molecule has 0 aromatic carbocycles. The molecule has 5 nitrogen and oxygen atoms in total. The van der Waals surface area contributed by atoms with Crippen LogP contribution >= 0.6 is 0 Å². The van der Waals surface area contributed by atoms with Crippen LogP contribution in [0.25, 0.3) is 0 Å². The molecule has 1 heterocycles. The highest BCUT2D eigenvalue weighted by molar-refractivity contribution is 5.60. The molecule has 0 aliphatic heterocycles. The molecule has 0 saturated heterocycles. The van der Waals surface area contributed by atoms with E-state index in [1.807, 2.05) is 0 Å².